The maximum atomic E-state index is 12.3. The molecule has 1 rings (SSSR count). The van der Waals surface area contributed by atoms with Crippen LogP contribution in [0.25, 0.3) is 0 Å². The molecule has 0 aromatic carbocycles. The highest BCUT2D eigenvalue weighted by atomic mass is 16.2. The third-order valence-corrected chi connectivity index (χ3v) is 4.94. The van der Waals surface area contributed by atoms with Gasteiger partial charge in [-0.15, -0.1) is 0 Å². The van der Waals surface area contributed by atoms with E-state index in [1.54, 1.807) is 0 Å². The van der Waals surface area contributed by atoms with E-state index in [1.807, 2.05) is 18.7 Å². The Bertz CT molecular complexity index is 283. The van der Waals surface area contributed by atoms with Crippen molar-refractivity contribution in [1.29, 1.82) is 0 Å². The number of nitrogens with two attached hydrogens (primary N) is 1. The Morgan fingerprint density at radius 3 is 2.20 bits per heavy atom. The Labute approximate surface area is 124 Å². The maximum absolute atomic E-state index is 12.3. The summed E-state index contributed by atoms with van der Waals surface area (Å²) in [6, 6.07) is 0.783. The van der Waals surface area contributed by atoms with Crippen LogP contribution in [0.15, 0.2) is 0 Å². The van der Waals surface area contributed by atoms with E-state index in [0.29, 0.717) is 19.0 Å². The summed E-state index contributed by atoms with van der Waals surface area (Å²) in [5.41, 5.74) is 5.93. The van der Waals surface area contributed by atoms with Crippen molar-refractivity contribution in [3.05, 3.63) is 0 Å². The molecule has 2 N–H and O–H groups in total. The molecule has 1 saturated carbocycles. The maximum Gasteiger partial charge on any atom is 0.224 e. The van der Waals surface area contributed by atoms with Crippen molar-refractivity contribution in [3.63, 3.8) is 0 Å². The number of likely N-dealkylation sites (N-methyl/N-ethyl adjacent to an activating group) is 1. The second-order valence-corrected chi connectivity index (χ2v) is 6.24. The number of carbonyl (C=O) groups is 1. The molecule has 0 saturated heterocycles. The van der Waals surface area contributed by atoms with E-state index in [4.69, 9.17) is 5.73 Å². The Kier molecular flexibility index (Phi) is 7.52. The largest absolute Gasteiger partial charge is 0.343 e. The molecule has 0 bridgehead atoms. The lowest BCUT2D eigenvalue weighted by atomic mass is 9.86. The molecule has 1 unspecified atom stereocenters. The van der Waals surface area contributed by atoms with Gasteiger partial charge in [0.2, 0.25) is 5.91 Å². The van der Waals surface area contributed by atoms with Gasteiger partial charge in [0, 0.05) is 38.1 Å². The van der Waals surface area contributed by atoms with E-state index in [2.05, 4.69) is 18.9 Å². The van der Waals surface area contributed by atoms with Crippen molar-refractivity contribution in [2.24, 2.45) is 11.7 Å². The topological polar surface area (TPSA) is 49.6 Å². The number of rotatable bonds is 7. The minimum atomic E-state index is 0.182. The van der Waals surface area contributed by atoms with Crippen LogP contribution in [0.4, 0.5) is 0 Å². The molecule has 0 aromatic rings. The predicted octanol–water partition coefficient (Wildman–Crippen LogP) is 2.08. The van der Waals surface area contributed by atoms with Crippen LogP contribution in [-0.2, 0) is 4.79 Å². The molecule has 1 amide bonds. The Morgan fingerprint density at radius 1 is 1.20 bits per heavy atom. The van der Waals surface area contributed by atoms with E-state index in [-0.39, 0.29) is 11.9 Å². The summed E-state index contributed by atoms with van der Waals surface area (Å²) in [6.07, 6.45) is 5.65. The average Bonchev–Trinajstić information content (AvgIpc) is 2.46. The highest BCUT2D eigenvalue weighted by Crippen LogP contribution is 2.27. The van der Waals surface area contributed by atoms with Crippen LogP contribution in [0.2, 0.25) is 0 Å². The molecule has 4 heteroatoms. The second kappa shape index (κ2) is 8.63. The standard InChI is InChI=1S/C16H33N3O/c1-5-19(6-2)16(20)11-15(12-17)18(4)14-9-7-13(3)8-10-14/h13-15H,5-12,17H2,1-4H3. The molecule has 20 heavy (non-hydrogen) atoms. The first-order valence-electron chi connectivity index (χ1n) is 8.23. The molecule has 0 radical (unpaired) electrons. The van der Waals surface area contributed by atoms with Gasteiger partial charge in [0.15, 0.2) is 0 Å². The molecule has 0 heterocycles. The molecule has 4 nitrogen and oxygen atoms in total. The molecular weight excluding hydrogens is 250 g/mol. The van der Waals surface area contributed by atoms with E-state index in [9.17, 15) is 4.79 Å². The first-order chi connectivity index (χ1) is 9.53. The Hall–Kier alpha value is -0.610. The fraction of sp³-hybridized carbons (Fsp3) is 0.938. The normalized spacial score (nSPS) is 24.7. The van der Waals surface area contributed by atoms with Crippen LogP contribution < -0.4 is 5.73 Å². The lowest BCUT2D eigenvalue weighted by Crippen LogP contribution is -2.48. The molecule has 0 spiro atoms. The summed E-state index contributed by atoms with van der Waals surface area (Å²) in [4.78, 5) is 16.5. The molecular formula is C16H33N3O. The minimum Gasteiger partial charge on any atom is -0.343 e. The zero-order valence-electron chi connectivity index (χ0n) is 13.8. The van der Waals surface area contributed by atoms with Gasteiger partial charge >= 0.3 is 0 Å². The quantitative estimate of drug-likeness (QED) is 0.778. The smallest absolute Gasteiger partial charge is 0.224 e. The van der Waals surface area contributed by atoms with Crippen molar-refractivity contribution in [1.82, 2.24) is 9.80 Å². The summed E-state index contributed by atoms with van der Waals surface area (Å²) >= 11 is 0. The fourth-order valence-electron chi connectivity index (χ4n) is 3.25. The molecule has 1 aliphatic rings. The third kappa shape index (κ3) is 4.74. The molecule has 0 aliphatic heterocycles. The van der Waals surface area contributed by atoms with Crippen molar-refractivity contribution >= 4 is 5.91 Å². The second-order valence-electron chi connectivity index (χ2n) is 6.24. The van der Waals surface area contributed by atoms with Crippen LogP contribution in [0.3, 0.4) is 0 Å². The SMILES string of the molecule is CCN(CC)C(=O)CC(CN)N(C)C1CCC(C)CC1. The summed E-state index contributed by atoms with van der Waals surface area (Å²) in [7, 11) is 2.15. The molecule has 1 fully saturated rings. The van der Waals surface area contributed by atoms with E-state index in [0.717, 1.165) is 19.0 Å². The lowest BCUT2D eigenvalue weighted by molar-refractivity contribution is -0.132. The summed E-state index contributed by atoms with van der Waals surface area (Å²) < 4.78 is 0. The third-order valence-electron chi connectivity index (χ3n) is 4.94. The van der Waals surface area contributed by atoms with Crippen LogP contribution in [0.1, 0.15) is 52.9 Å². The van der Waals surface area contributed by atoms with Gasteiger partial charge in [-0.05, 0) is 52.5 Å². The van der Waals surface area contributed by atoms with Gasteiger partial charge in [-0.1, -0.05) is 6.92 Å². The van der Waals surface area contributed by atoms with E-state index < -0.39 is 0 Å². The first kappa shape index (κ1) is 17.4. The van der Waals surface area contributed by atoms with Crippen molar-refractivity contribution in [3.8, 4) is 0 Å². The first-order valence-corrected chi connectivity index (χ1v) is 8.23. The Morgan fingerprint density at radius 2 is 1.75 bits per heavy atom. The molecule has 1 atom stereocenters. The lowest BCUT2D eigenvalue weighted by Gasteiger charge is -2.38. The van der Waals surface area contributed by atoms with Crippen molar-refractivity contribution in [2.45, 2.75) is 65.0 Å². The van der Waals surface area contributed by atoms with E-state index in [1.165, 1.54) is 25.7 Å². The molecule has 1 aliphatic carbocycles. The van der Waals surface area contributed by atoms with Crippen LogP contribution in [-0.4, -0.2) is 54.5 Å². The van der Waals surface area contributed by atoms with Crippen molar-refractivity contribution < 1.29 is 4.79 Å². The molecule has 0 aromatic heterocycles. The van der Waals surface area contributed by atoms with Gasteiger partial charge in [0.05, 0.1) is 0 Å². The summed E-state index contributed by atoms with van der Waals surface area (Å²) in [6.45, 7) is 8.54. The zero-order valence-corrected chi connectivity index (χ0v) is 13.8. The van der Waals surface area contributed by atoms with Gasteiger partial charge in [-0.3, -0.25) is 9.69 Å². The van der Waals surface area contributed by atoms with Gasteiger partial charge in [-0.2, -0.15) is 0 Å². The summed E-state index contributed by atoms with van der Waals surface area (Å²) in [5.74, 6) is 1.09. The van der Waals surface area contributed by atoms with Crippen molar-refractivity contribution in [2.75, 3.05) is 26.7 Å². The number of carbonyl (C=O) groups excluding carboxylic acids is 1. The number of nitrogens with zero attached hydrogens (tertiary/aromatic N) is 2. The number of hydrogen-bond acceptors (Lipinski definition) is 3. The predicted molar refractivity (Wildman–Crippen MR) is 84.6 cm³/mol. The molecule has 118 valence electrons. The number of amides is 1. The van der Waals surface area contributed by atoms with Gasteiger partial charge < -0.3 is 10.6 Å². The highest BCUT2D eigenvalue weighted by Gasteiger charge is 2.27. The van der Waals surface area contributed by atoms with Crippen LogP contribution >= 0.6 is 0 Å². The van der Waals surface area contributed by atoms with E-state index >= 15 is 0 Å². The zero-order chi connectivity index (χ0) is 15.1. The van der Waals surface area contributed by atoms with Gasteiger partial charge in [0.1, 0.15) is 0 Å². The Balaban J connectivity index is 2.54. The van der Waals surface area contributed by atoms with Gasteiger partial charge in [0.25, 0.3) is 0 Å². The summed E-state index contributed by atoms with van der Waals surface area (Å²) in [5, 5.41) is 0. The van der Waals surface area contributed by atoms with Crippen LogP contribution in [0.5, 0.6) is 0 Å². The highest BCUT2D eigenvalue weighted by molar-refractivity contribution is 5.76. The minimum absolute atomic E-state index is 0.182. The van der Waals surface area contributed by atoms with Crippen LogP contribution in [0, 0.1) is 5.92 Å². The average molecular weight is 283 g/mol. The van der Waals surface area contributed by atoms with Gasteiger partial charge in [-0.25, -0.2) is 0 Å². The number of hydrogen-bond donors (Lipinski definition) is 1. The fourth-order valence-corrected chi connectivity index (χ4v) is 3.25. The monoisotopic (exact) mass is 283 g/mol.